The van der Waals surface area contributed by atoms with Gasteiger partial charge in [-0.3, -0.25) is 9.59 Å². The summed E-state index contributed by atoms with van der Waals surface area (Å²) in [5.41, 5.74) is 1.66. The van der Waals surface area contributed by atoms with Crippen molar-refractivity contribution in [1.82, 2.24) is 0 Å². The van der Waals surface area contributed by atoms with Gasteiger partial charge >= 0.3 is 5.97 Å². The van der Waals surface area contributed by atoms with Crippen LogP contribution < -0.4 is 0 Å². The Bertz CT molecular complexity index is 402. The van der Waals surface area contributed by atoms with Crippen molar-refractivity contribution in [2.24, 2.45) is 0 Å². The minimum Gasteiger partial charge on any atom is -0.462 e. The highest BCUT2D eigenvalue weighted by Crippen LogP contribution is 2.06. The molecule has 0 amide bonds. The first-order valence-electron chi connectivity index (χ1n) is 5.00. The zero-order valence-electron chi connectivity index (χ0n) is 9.40. The largest absolute Gasteiger partial charge is 0.462 e. The van der Waals surface area contributed by atoms with Gasteiger partial charge in [-0.15, -0.1) is 0 Å². The number of hydrogen-bond donors (Lipinski definition) is 0. The predicted octanol–water partition coefficient (Wildman–Crippen LogP) is 2.47. The zero-order valence-corrected chi connectivity index (χ0v) is 9.40. The molecule has 0 aliphatic carbocycles. The highest BCUT2D eigenvalue weighted by atomic mass is 16.5. The van der Waals surface area contributed by atoms with Crippen molar-refractivity contribution < 1.29 is 14.3 Å². The molecular formula is C13H14O3. The van der Waals surface area contributed by atoms with Crippen LogP contribution in [0.1, 0.15) is 29.8 Å². The first-order valence-corrected chi connectivity index (χ1v) is 5.00. The Kier molecular flexibility index (Phi) is 4.45. The summed E-state index contributed by atoms with van der Waals surface area (Å²) in [6.45, 7) is 3.17. The second kappa shape index (κ2) is 5.85. The highest BCUT2D eigenvalue weighted by Gasteiger charge is 1.96. The molecule has 0 N–H and O–H groups in total. The average molecular weight is 218 g/mol. The van der Waals surface area contributed by atoms with Crippen LogP contribution in [0.2, 0.25) is 0 Å². The van der Waals surface area contributed by atoms with Crippen molar-refractivity contribution in [3.8, 4) is 0 Å². The molecule has 0 aliphatic rings. The third-order valence-electron chi connectivity index (χ3n) is 2.01. The summed E-state index contributed by atoms with van der Waals surface area (Å²) in [4.78, 5) is 21.5. The molecule has 1 aromatic carbocycles. The monoisotopic (exact) mass is 218 g/mol. The molecule has 1 aromatic rings. The number of rotatable bonds is 4. The zero-order chi connectivity index (χ0) is 12.0. The van der Waals surface area contributed by atoms with E-state index in [0.29, 0.717) is 5.56 Å². The third-order valence-corrected chi connectivity index (χ3v) is 2.01. The first-order chi connectivity index (χ1) is 7.59. The van der Waals surface area contributed by atoms with Crippen LogP contribution >= 0.6 is 0 Å². The van der Waals surface area contributed by atoms with Crippen LogP contribution in [0.25, 0.3) is 6.08 Å². The number of hydrogen-bond acceptors (Lipinski definition) is 3. The van der Waals surface area contributed by atoms with Gasteiger partial charge in [-0.25, -0.2) is 0 Å². The Morgan fingerprint density at radius 1 is 1.19 bits per heavy atom. The van der Waals surface area contributed by atoms with Crippen molar-refractivity contribution in [2.75, 3.05) is 6.61 Å². The topological polar surface area (TPSA) is 43.4 Å². The van der Waals surface area contributed by atoms with E-state index in [4.69, 9.17) is 4.74 Å². The number of Topliss-reactive ketones (excluding diaryl/α,β-unsaturated/α-hetero) is 1. The van der Waals surface area contributed by atoms with Gasteiger partial charge in [0.25, 0.3) is 0 Å². The number of ether oxygens (including phenoxy) is 1. The number of carbonyl (C=O) groups excluding carboxylic acids is 2. The fraction of sp³-hybridized carbons (Fsp3) is 0.231. The lowest BCUT2D eigenvalue weighted by Crippen LogP contribution is -1.97. The lowest BCUT2D eigenvalue weighted by atomic mass is 10.1. The Morgan fingerprint density at radius 3 is 2.31 bits per heavy atom. The van der Waals surface area contributed by atoms with Crippen LogP contribution in [0.3, 0.4) is 0 Å². The van der Waals surface area contributed by atoms with Crippen LogP contribution in [-0.4, -0.2) is 18.4 Å². The molecule has 3 heteroatoms. The molecule has 0 saturated heterocycles. The van der Waals surface area contributed by atoms with Crippen LogP contribution in [0.4, 0.5) is 0 Å². The summed E-state index contributed by atoms with van der Waals surface area (Å²) >= 11 is 0. The van der Waals surface area contributed by atoms with Gasteiger partial charge in [-0.05, 0) is 18.6 Å². The van der Waals surface area contributed by atoms with E-state index in [9.17, 15) is 9.59 Å². The van der Waals surface area contributed by atoms with Gasteiger partial charge in [0.15, 0.2) is 5.78 Å². The number of ketones is 1. The second-order valence-corrected chi connectivity index (χ2v) is 3.38. The van der Waals surface area contributed by atoms with Gasteiger partial charge in [0, 0.05) is 12.5 Å². The molecule has 3 nitrogen and oxygen atoms in total. The summed E-state index contributed by atoms with van der Waals surface area (Å²) in [5, 5.41) is 0. The van der Waals surface area contributed by atoms with Crippen molar-refractivity contribution in [1.29, 1.82) is 0 Å². The van der Waals surface area contributed by atoms with Crippen molar-refractivity contribution >= 4 is 17.8 Å². The van der Waals surface area contributed by atoms with E-state index in [0.717, 1.165) is 5.56 Å². The predicted molar refractivity (Wildman–Crippen MR) is 62.1 cm³/mol. The molecule has 0 aromatic heterocycles. The second-order valence-electron chi connectivity index (χ2n) is 3.38. The molecule has 0 aliphatic heterocycles. The third kappa shape index (κ3) is 4.09. The number of esters is 1. The molecule has 0 unspecified atom stereocenters. The standard InChI is InChI=1S/C13H14O3/c1-10(14)13-7-5-12(6-8-13)4-3-9-16-11(2)15/h3-8H,9H2,1-2H3/b4-3+. The Labute approximate surface area is 94.7 Å². The molecule has 0 bridgehead atoms. The maximum Gasteiger partial charge on any atom is 0.302 e. The minimum atomic E-state index is -0.295. The molecule has 0 saturated carbocycles. The highest BCUT2D eigenvalue weighted by molar-refractivity contribution is 5.94. The van der Waals surface area contributed by atoms with E-state index in [1.165, 1.54) is 13.8 Å². The average Bonchev–Trinajstić information content (AvgIpc) is 2.25. The van der Waals surface area contributed by atoms with E-state index < -0.39 is 0 Å². The lowest BCUT2D eigenvalue weighted by Gasteiger charge is -1.97. The molecular weight excluding hydrogens is 204 g/mol. The van der Waals surface area contributed by atoms with Gasteiger partial charge in [-0.1, -0.05) is 30.3 Å². The first kappa shape index (κ1) is 12.2. The molecule has 0 atom stereocenters. The molecule has 84 valence electrons. The molecule has 0 spiro atoms. The van der Waals surface area contributed by atoms with Crippen LogP contribution in [0.5, 0.6) is 0 Å². The fourth-order valence-corrected chi connectivity index (χ4v) is 1.18. The Balaban J connectivity index is 2.55. The van der Waals surface area contributed by atoms with Crippen molar-refractivity contribution in [2.45, 2.75) is 13.8 Å². The molecule has 0 heterocycles. The SMILES string of the molecule is CC(=O)OC/C=C/c1ccc(C(C)=O)cc1. The Hall–Kier alpha value is -1.90. The summed E-state index contributed by atoms with van der Waals surface area (Å²) in [7, 11) is 0. The normalized spacial score (nSPS) is 10.4. The van der Waals surface area contributed by atoms with Crippen molar-refractivity contribution in [3.63, 3.8) is 0 Å². The maximum atomic E-state index is 11.0. The number of benzene rings is 1. The molecule has 16 heavy (non-hydrogen) atoms. The van der Waals surface area contributed by atoms with Crippen LogP contribution in [0, 0.1) is 0 Å². The van der Waals surface area contributed by atoms with Gasteiger partial charge in [0.2, 0.25) is 0 Å². The molecule has 1 rings (SSSR count). The van der Waals surface area contributed by atoms with E-state index >= 15 is 0 Å². The minimum absolute atomic E-state index is 0.0513. The van der Waals surface area contributed by atoms with E-state index in [-0.39, 0.29) is 18.4 Å². The maximum absolute atomic E-state index is 11.0. The lowest BCUT2D eigenvalue weighted by molar-refractivity contribution is -0.139. The molecule has 0 fully saturated rings. The van der Waals surface area contributed by atoms with E-state index in [1.54, 1.807) is 18.2 Å². The van der Waals surface area contributed by atoms with Crippen molar-refractivity contribution in [3.05, 3.63) is 41.5 Å². The number of carbonyl (C=O) groups is 2. The fourth-order valence-electron chi connectivity index (χ4n) is 1.18. The van der Waals surface area contributed by atoms with E-state index in [2.05, 4.69) is 0 Å². The van der Waals surface area contributed by atoms with Gasteiger partial charge in [0.05, 0.1) is 0 Å². The van der Waals surface area contributed by atoms with Crippen LogP contribution in [0.15, 0.2) is 30.3 Å². The summed E-state index contributed by atoms with van der Waals surface area (Å²) in [5.74, 6) is -0.243. The van der Waals surface area contributed by atoms with Gasteiger partial charge < -0.3 is 4.74 Å². The smallest absolute Gasteiger partial charge is 0.302 e. The molecule has 0 radical (unpaired) electrons. The summed E-state index contributed by atoms with van der Waals surface area (Å²) < 4.78 is 4.75. The Morgan fingerprint density at radius 2 is 1.81 bits per heavy atom. The van der Waals surface area contributed by atoms with Gasteiger partial charge in [-0.2, -0.15) is 0 Å². The summed E-state index contributed by atoms with van der Waals surface area (Å²) in [6, 6.07) is 7.24. The quantitative estimate of drug-likeness (QED) is 0.576. The summed E-state index contributed by atoms with van der Waals surface area (Å²) in [6.07, 6.45) is 3.59. The van der Waals surface area contributed by atoms with E-state index in [1.807, 2.05) is 18.2 Å². The van der Waals surface area contributed by atoms with Crippen LogP contribution in [-0.2, 0) is 9.53 Å². The van der Waals surface area contributed by atoms with Gasteiger partial charge in [0.1, 0.15) is 6.61 Å².